The molecule has 1 atom stereocenters. The highest BCUT2D eigenvalue weighted by molar-refractivity contribution is 5.71. The van der Waals surface area contributed by atoms with Crippen molar-refractivity contribution in [1.82, 2.24) is 0 Å². The topological polar surface area (TPSA) is 78.9 Å². The van der Waals surface area contributed by atoms with Crippen LogP contribution in [0.15, 0.2) is 146 Å². The van der Waals surface area contributed by atoms with E-state index >= 15 is 0 Å². The molecular formula is C68H108O6. The van der Waals surface area contributed by atoms with E-state index in [1.807, 2.05) is 0 Å². The maximum atomic E-state index is 12.8. The normalized spacial score (nSPS) is 13.2. The molecule has 0 aromatic heterocycles. The van der Waals surface area contributed by atoms with E-state index < -0.39 is 6.10 Å². The summed E-state index contributed by atoms with van der Waals surface area (Å²) in [6.45, 7) is 6.35. The standard InChI is InChI=1S/C68H108O6/c1-4-7-10-13-16-19-22-24-26-28-29-30-31-32-33-34-35-36-37-38-39-41-42-44-46-49-52-55-58-61-67(70)73-64-65(63-72-66(69)60-57-54-51-48-21-18-15-12-9-6-3)74-68(71)62-59-56-53-50-47-45-43-40-27-25-23-20-17-14-11-8-5-2/h7-8,10-11,16-17,19-20,24-27,29-30,32-33,35-36,38-39,42-45,65H,4-6,9,12-15,18,21-23,28,31,34,37,40-41,46-64H2,1-3H3/b10-7-,11-8-,19-16-,20-17-,26-24-,27-25-,30-29-,33-32-,36-35-,39-38-,44-42-,45-43-. The van der Waals surface area contributed by atoms with Gasteiger partial charge in [0, 0.05) is 19.3 Å². The second kappa shape index (κ2) is 60.8. The first-order valence-electron chi connectivity index (χ1n) is 29.8. The van der Waals surface area contributed by atoms with Gasteiger partial charge in [-0.3, -0.25) is 14.4 Å². The zero-order chi connectivity index (χ0) is 53.6. The lowest BCUT2D eigenvalue weighted by Gasteiger charge is -2.18. The summed E-state index contributed by atoms with van der Waals surface area (Å²) >= 11 is 0. The Labute approximate surface area is 455 Å². The van der Waals surface area contributed by atoms with Gasteiger partial charge in [-0.1, -0.05) is 250 Å². The second-order valence-electron chi connectivity index (χ2n) is 19.1. The number of hydrogen-bond acceptors (Lipinski definition) is 6. The van der Waals surface area contributed by atoms with Gasteiger partial charge < -0.3 is 14.2 Å². The summed E-state index contributed by atoms with van der Waals surface area (Å²) in [4.78, 5) is 38.1. The van der Waals surface area contributed by atoms with Crippen molar-refractivity contribution in [3.63, 3.8) is 0 Å². The van der Waals surface area contributed by atoms with Crippen molar-refractivity contribution in [1.29, 1.82) is 0 Å². The van der Waals surface area contributed by atoms with Crippen LogP contribution in [0.4, 0.5) is 0 Å². The minimum absolute atomic E-state index is 0.0999. The van der Waals surface area contributed by atoms with Gasteiger partial charge in [0.1, 0.15) is 13.2 Å². The van der Waals surface area contributed by atoms with Crippen LogP contribution in [-0.4, -0.2) is 37.2 Å². The van der Waals surface area contributed by atoms with Crippen molar-refractivity contribution < 1.29 is 28.6 Å². The maximum absolute atomic E-state index is 12.8. The van der Waals surface area contributed by atoms with Crippen LogP contribution in [0, 0.1) is 0 Å². The predicted molar refractivity (Wildman–Crippen MR) is 320 cm³/mol. The first-order valence-corrected chi connectivity index (χ1v) is 29.8. The number of ether oxygens (including phenoxy) is 3. The molecule has 0 bridgehead atoms. The monoisotopic (exact) mass is 1020 g/mol. The third kappa shape index (κ3) is 58.2. The zero-order valence-electron chi connectivity index (χ0n) is 47.5. The Morgan fingerprint density at radius 3 is 0.824 bits per heavy atom. The average molecular weight is 1020 g/mol. The Kier molecular flexibility index (Phi) is 57.0. The molecule has 0 N–H and O–H groups in total. The van der Waals surface area contributed by atoms with Crippen LogP contribution in [0.1, 0.15) is 245 Å². The molecule has 0 aromatic rings. The molecule has 74 heavy (non-hydrogen) atoms. The summed E-state index contributed by atoms with van der Waals surface area (Å²) in [5.41, 5.74) is 0. The molecular weight excluding hydrogens is 913 g/mol. The van der Waals surface area contributed by atoms with E-state index in [2.05, 4.69) is 167 Å². The number of rotatable bonds is 52. The fourth-order valence-corrected chi connectivity index (χ4v) is 7.68. The van der Waals surface area contributed by atoms with E-state index in [0.29, 0.717) is 12.8 Å². The number of hydrogen-bond donors (Lipinski definition) is 0. The first-order chi connectivity index (χ1) is 36.5. The van der Waals surface area contributed by atoms with E-state index in [0.717, 1.165) is 161 Å². The number of allylic oxidation sites excluding steroid dienone is 24. The zero-order valence-corrected chi connectivity index (χ0v) is 47.5. The molecule has 0 fully saturated rings. The van der Waals surface area contributed by atoms with Gasteiger partial charge in [-0.15, -0.1) is 0 Å². The summed E-state index contributed by atoms with van der Waals surface area (Å²) in [5.74, 6) is -0.957. The van der Waals surface area contributed by atoms with Gasteiger partial charge in [-0.2, -0.15) is 0 Å². The molecule has 0 saturated carbocycles. The number of esters is 3. The van der Waals surface area contributed by atoms with Crippen molar-refractivity contribution in [3.8, 4) is 0 Å². The van der Waals surface area contributed by atoms with Gasteiger partial charge in [0.15, 0.2) is 6.10 Å². The number of carbonyl (C=O) groups is 3. The molecule has 6 heteroatoms. The summed E-state index contributed by atoms with van der Waals surface area (Å²) in [6, 6.07) is 0. The van der Waals surface area contributed by atoms with Crippen LogP contribution >= 0.6 is 0 Å². The lowest BCUT2D eigenvalue weighted by Crippen LogP contribution is -2.30. The highest BCUT2D eigenvalue weighted by Crippen LogP contribution is 2.14. The second-order valence-corrected chi connectivity index (χ2v) is 19.1. The highest BCUT2D eigenvalue weighted by atomic mass is 16.6. The Bertz CT molecular complexity index is 1640. The fraction of sp³-hybridized carbons (Fsp3) is 0.603. The highest BCUT2D eigenvalue weighted by Gasteiger charge is 2.19. The van der Waals surface area contributed by atoms with E-state index in [-0.39, 0.29) is 37.5 Å². The molecule has 0 aromatic carbocycles. The van der Waals surface area contributed by atoms with Crippen molar-refractivity contribution in [2.24, 2.45) is 0 Å². The number of unbranched alkanes of at least 4 members (excludes halogenated alkanes) is 17. The third-order valence-electron chi connectivity index (χ3n) is 12.1. The van der Waals surface area contributed by atoms with Crippen LogP contribution in [-0.2, 0) is 28.6 Å². The van der Waals surface area contributed by atoms with Gasteiger partial charge >= 0.3 is 17.9 Å². The Morgan fingerprint density at radius 2 is 0.527 bits per heavy atom. The molecule has 0 aliphatic rings. The molecule has 0 aliphatic heterocycles. The molecule has 0 saturated heterocycles. The van der Waals surface area contributed by atoms with E-state index in [9.17, 15) is 14.4 Å². The van der Waals surface area contributed by atoms with Crippen molar-refractivity contribution in [2.75, 3.05) is 13.2 Å². The van der Waals surface area contributed by atoms with Gasteiger partial charge in [0.2, 0.25) is 0 Å². The quantitative estimate of drug-likeness (QED) is 0.0261. The minimum atomic E-state index is -0.806. The summed E-state index contributed by atoms with van der Waals surface area (Å²) in [5, 5.41) is 0. The average Bonchev–Trinajstić information content (AvgIpc) is 3.40. The smallest absolute Gasteiger partial charge is 0.306 e. The molecule has 0 amide bonds. The fourth-order valence-electron chi connectivity index (χ4n) is 7.68. The van der Waals surface area contributed by atoms with Gasteiger partial charge in [-0.05, 0) is 122 Å². The Balaban J connectivity index is 4.38. The largest absolute Gasteiger partial charge is 0.462 e. The lowest BCUT2D eigenvalue weighted by molar-refractivity contribution is -0.167. The van der Waals surface area contributed by atoms with Gasteiger partial charge in [-0.25, -0.2) is 0 Å². The number of carbonyl (C=O) groups excluding carboxylic acids is 3. The van der Waals surface area contributed by atoms with Crippen LogP contribution in [0.3, 0.4) is 0 Å². The molecule has 0 aliphatic carbocycles. The van der Waals surface area contributed by atoms with Crippen LogP contribution in [0.25, 0.3) is 0 Å². The molecule has 0 spiro atoms. The van der Waals surface area contributed by atoms with Gasteiger partial charge in [0.05, 0.1) is 0 Å². The van der Waals surface area contributed by atoms with Crippen molar-refractivity contribution in [3.05, 3.63) is 146 Å². The van der Waals surface area contributed by atoms with Crippen LogP contribution < -0.4 is 0 Å². The molecule has 416 valence electrons. The maximum Gasteiger partial charge on any atom is 0.306 e. The molecule has 6 nitrogen and oxygen atoms in total. The molecule has 0 radical (unpaired) electrons. The Hall–Kier alpha value is -4.71. The minimum Gasteiger partial charge on any atom is -0.462 e. The summed E-state index contributed by atoms with van der Waals surface area (Å²) in [6.07, 6.45) is 87.0. The van der Waals surface area contributed by atoms with Crippen molar-refractivity contribution >= 4 is 17.9 Å². The summed E-state index contributed by atoms with van der Waals surface area (Å²) < 4.78 is 16.8. The Morgan fingerprint density at radius 1 is 0.284 bits per heavy atom. The first kappa shape index (κ1) is 69.3. The van der Waals surface area contributed by atoms with Crippen molar-refractivity contribution in [2.45, 2.75) is 252 Å². The van der Waals surface area contributed by atoms with Crippen LogP contribution in [0.5, 0.6) is 0 Å². The molecule has 0 rings (SSSR count). The van der Waals surface area contributed by atoms with E-state index in [1.54, 1.807) is 0 Å². The SMILES string of the molecule is CC/C=C\C/C=C\C/C=C\C/C=C\C/C=C\C/C=C\C/C=C\C/C=C\CCCCCCC(=O)OCC(COC(=O)CCCCCCCCCCCC)OC(=O)CCCCCC/C=C\C/C=C\C/C=C\C/C=C\CC. The summed E-state index contributed by atoms with van der Waals surface area (Å²) in [7, 11) is 0. The lowest BCUT2D eigenvalue weighted by atomic mass is 10.1. The molecule has 0 heterocycles. The third-order valence-corrected chi connectivity index (χ3v) is 12.1. The van der Waals surface area contributed by atoms with Crippen LogP contribution in [0.2, 0.25) is 0 Å². The predicted octanol–water partition coefficient (Wildman–Crippen LogP) is 20.4. The van der Waals surface area contributed by atoms with Gasteiger partial charge in [0.25, 0.3) is 0 Å². The van der Waals surface area contributed by atoms with E-state index in [4.69, 9.17) is 14.2 Å². The van der Waals surface area contributed by atoms with E-state index in [1.165, 1.54) is 44.9 Å². The molecule has 1 unspecified atom stereocenters.